The number of sulfonamides is 1. The Kier molecular flexibility index (Phi) is 6.23. The Morgan fingerprint density at radius 1 is 1.06 bits per heavy atom. The van der Waals surface area contributed by atoms with Gasteiger partial charge in [-0.05, 0) is 43.4 Å². The molecule has 14 heteroatoms. The molecule has 184 valence electrons. The van der Waals surface area contributed by atoms with Gasteiger partial charge in [0, 0.05) is 45.0 Å². The molecule has 0 unspecified atom stereocenters. The van der Waals surface area contributed by atoms with Crippen LogP contribution in [0.25, 0.3) is 17.4 Å². The summed E-state index contributed by atoms with van der Waals surface area (Å²) in [4.78, 5) is 17.9. The molecular formula is C21H26N10O3S. The summed E-state index contributed by atoms with van der Waals surface area (Å²) in [7, 11) is -2.02. The van der Waals surface area contributed by atoms with Crippen LogP contribution >= 0.6 is 0 Å². The third kappa shape index (κ3) is 4.89. The maximum atomic E-state index is 11.9. The fourth-order valence-corrected chi connectivity index (χ4v) is 4.63. The van der Waals surface area contributed by atoms with Crippen molar-refractivity contribution in [3.8, 4) is 11.6 Å². The summed E-state index contributed by atoms with van der Waals surface area (Å²) in [5.41, 5.74) is 7.05. The maximum absolute atomic E-state index is 11.9. The van der Waals surface area contributed by atoms with Crippen LogP contribution in [0.2, 0.25) is 0 Å². The number of nitrogens with two attached hydrogens (primary N) is 1. The molecular weight excluding hydrogens is 472 g/mol. The fraction of sp³-hybridized carbons (Fsp3) is 0.333. The number of anilines is 3. The number of nitrogens with one attached hydrogen (secondary N) is 2. The first kappa shape index (κ1) is 23.0. The van der Waals surface area contributed by atoms with Crippen molar-refractivity contribution in [2.45, 2.75) is 4.90 Å². The van der Waals surface area contributed by atoms with Gasteiger partial charge in [0.1, 0.15) is 0 Å². The van der Waals surface area contributed by atoms with Crippen molar-refractivity contribution in [1.82, 2.24) is 34.2 Å². The number of aromatic nitrogens is 5. The Hall–Kier alpha value is -3.75. The van der Waals surface area contributed by atoms with Crippen LogP contribution < -0.4 is 20.7 Å². The minimum atomic E-state index is -3.43. The van der Waals surface area contributed by atoms with E-state index in [-0.39, 0.29) is 10.8 Å². The Morgan fingerprint density at radius 2 is 1.83 bits per heavy atom. The highest BCUT2D eigenvalue weighted by atomic mass is 32.2. The monoisotopic (exact) mass is 498 g/mol. The molecule has 5 rings (SSSR count). The lowest BCUT2D eigenvalue weighted by Gasteiger charge is -2.36. The molecule has 4 aromatic rings. The van der Waals surface area contributed by atoms with Crippen molar-refractivity contribution in [3.63, 3.8) is 0 Å². The van der Waals surface area contributed by atoms with Crippen LogP contribution in [-0.2, 0) is 10.0 Å². The summed E-state index contributed by atoms with van der Waals surface area (Å²) in [6.45, 7) is 4.93. The summed E-state index contributed by atoms with van der Waals surface area (Å²) in [6, 6.07) is 10.5. The molecule has 0 atom stereocenters. The molecule has 35 heavy (non-hydrogen) atoms. The second-order valence-corrected chi connectivity index (χ2v) is 9.87. The molecule has 1 aliphatic heterocycles. The van der Waals surface area contributed by atoms with E-state index in [1.165, 1.54) is 11.6 Å². The van der Waals surface area contributed by atoms with Gasteiger partial charge in [0.25, 0.3) is 5.78 Å². The standard InChI is InChI=1S/C21H26N10O3S/c1-23-35(32,33)16-6-4-15(5-7-16)30-12-10-29(11-13-30)9-8-24-20-26-19(22)31-21(27-20)25-18(28-31)17-3-2-14-34-17/h2-7,14,23H,8-13H2,1H3,(H3,22,24,25,26,27,28). The van der Waals surface area contributed by atoms with Gasteiger partial charge in [-0.15, -0.1) is 5.10 Å². The predicted octanol–water partition coefficient (Wildman–Crippen LogP) is 0.504. The van der Waals surface area contributed by atoms with E-state index in [0.717, 1.165) is 38.4 Å². The molecule has 0 bridgehead atoms. The van der Waals surface area contributed by atoms with Crippen molar-refractivity contribution in [2.24, 2.45) is 0 Å². The molecule has 3 aromatic heterocycles. The van der Waals surface area contributed by atoms with Crippen LogP contribution in [0.3, 0.4) is 0 Å². The fourth-order valence-electron chi connectivity index (χ4n) is 3.90. The zero-order chi connectivity index (χ0) is 24.4. The first-order valence-corrected chi connectivity index (χ1v) is 12.6. The number of benzene rings is 1. The third-order valence-electron chi connectivity index (χ3n) is 5.84. The molecule has 0 aliphatic carbocycles. The van der Waals surface area contributed by atoms with Gasteiger partial charge < -0.3 is 20.4 Å². The topological polar surface area (TPSA) is 160 Å². The minimum Gasteiger partial charge on any atom is -0.461 e. The average molecular weight is 499 g/mol. The zero-order valence-electron chi connectivity index (χ0n) is 19.1. The van der Waals surface area contributed by atoms with E-state index >= 15 is 0 Å². The van der Waals surface area contributed by atoms with Crippen LogP contribution in [0.1, 0.15) is 0 Å². The molecule has 0 saturated carbocycles. The van der Waals surface area contributed by atoms with Crippen LogP contribution in [-0.4, -0.2) is 84.2 Å². The lowest BCUT2D eigenvalue weighted by molar-refractivity contribution is 0.267. The van der Waals surface area contributed by atoms with E-state index in [1.54, 1.807) is 30.5 Å². The van der Waals surface area contributed by atoms with Gasteiger partial charge >= 0.3 is 0 Å². The first-order valence-electron chi connectivity index (χ1n) is 11.1. The van der Waals surface area contributed by atoms with E-state index in [4.69, 9.17) is 10.2 Å². The van der Waals surface area contributed by atoms with Gasteiger partial charge in [0.2, 0.25) is 27.7 Å². The number of furan rings is 1. The van der Waals surface area contributed by atoms with Crippen LogP contribution in [0.4, 0.5) is 17.6 Å². The molecule has 1 aromatic carbocycles. The number of piperazine rings is 1. The molecule has 0 amide bonds. The summed E-state index contributed by atoms with van der Waals surface area (Å²) in [5.74, 6) is 1.84. The summed E-state index contributed by atoms with van der Waals surface area (Å²) < 4.78 is 32.8. The minimum absolute atomic E-state index is 0.185. The number of fused-ring (bicyclic) bond motifs is 1. The smallest absolute Gasteiger partial charge is 0.259 e. The van der Waals surface area contributed by atoms with Gasteiger partial charge in [-0.1, -0.05) is 0 Å². The second-order valence-electron chi connectivity index (χ2n) is 7.99. The molecule has 13 nitrogen and oxygen atoms in total. The zero-order valence-corrected chi connectivity index (χ0v) is 19.9. The van der Waals surface area contributed by atoms with Crippen LogP contribution in [0.15, 0.2) is 52.0 Å². The van der Waals surface area contributed by atoms with Gasteiger partial charge in [0.05, 0.1) is 11.2 Å². The van der Waals surface area contributed by atoms with E-state index in [1.807, 2.05) is 12.1 Å². The Labute approximate surface area is 202 Å². The van der Waals surface area contributed by atoms with Gasteiger partial charge in [-0.3, -0.25) is 4.90 Å². The largest absolute Gasteiger partial charge is 0.461 e. The number of hydrogen-bond acceptors (Lipinski definition) is 11. The average Bonchev–Trinajstić information content (AvgIpc) is 3.55. The molecule has 4 N–H and O–H groups in total. The highest BCUT2D eigenvalue weighted by molar-refractivity contribution is 7.89. The van der Waals surface area contributed by atoms with Gasteiger partial charge in [-0.2, -0.15) is 19.5 Å². The van der Waals surface area contributed by atoms with Crippen molar-refractivity contribution >= 4 is 33.4 Å². The molecule has 1 saturated heterocycles. The quantitative estimate of drug-likeness (QED) is 0.310. The predicted molar refractivity (Wildman–Crippen MR) is 131 cm³/mol. The van der Waals surface area contributed by atoms with Gasteiger partial charge in [-0.25, -0.2) is 13.1 Å². The van der Waals surface area contributed by atoms with Crippen molar-refractivity contribution in [1.29, 1.82) is 0 Å². The SMILES string of the molecule is CNS(=O)(=O)c1ccc(N2CCN(CCNc3nc(N)n4nc(-c5ccco5)nc4n3)CC2)cc1. The highest BCUT2D eigenvalue weighted by Gasteiger charge is 2.19. The van der Waals surface area contributed by atoms with Crippen molar-refractivity contribution in [2.75, 3.05) is 62.3 Å². The summed E-state index contributed by atoms with van der Waals surface area (Å²) in [5, 5.41) is 7.50. The van der Waals surface area contributed by atoms with Crippen molar-refractivity contribution < 1.29 is 12.8 Å². The lowest BCUT2D eigenvalue weighted by Crippen LogP contribution is -2.47. The molecule has 4 heterocycles. The number of hydrogen-bond donors (Lipinski definition) is 3. The number of nitrogen functional groups attached to an aromatic ring is 1. The normalized spacial score (nSPS) is 15.1. The van der Waals surface area contributed by atoms with Crippen molar-refractivity contribution in [3.05, 3.63) is 42.7 Å². The first-order chi connectivity index (χ1) is 16.9. The third-order valence-corrected chi connectivity index (χ3v) is 7.27. The summed E-state index contributed by atoms with van der Waals surface area (Å²) in [6.07, 6.45) is 1.55. The lowest BCUT2D eigenvalue weighted by atomic mass is 10.2. The highest BCUT2D eigenvalue weighted by Crippen LogP contribution is 2.20. The molecule has 1 aliphatic rings. The van der Waals surface area contributed by atoms with E-state index < -0.39 is 10.0 Å². The number of rotatable bonds is 8. The van der Waals surface area contributed by atoms with Gasteiger partial charge in [0.15, 0.2) is 5.76 Å². The van der Waals surface area contributed by atoms with E-state index in [9.17, 15) is 8.42 Å². The molecule has 1 fully saturated rings. The molecule has 0 radical (unpaired) electrons. The van der Waals surface area contributed by atoms with E-state index in [2.05, 4.69) is 39.9 Å². The Bertz CT molecular complexity index is 1400. The molecule has 0 spiro atoms. The van der Waals surface area contributed by atoms with Crippen LogP contribution in [0, 0.1) is 0 Å². The Balaban J connectivity index is 1.13. The van der Waals surface area contributed by atoms with E-state index in [0.29, 0.717) is 29.9 Å². The second kappa shape index (κ2) is 9.48. The number of nitrogens with zero attached hydrogens (tertiary/aromatic N) is 7. The maximum Gasteiger partial charge on any atom is 0.259 e. The Morgan fingerprint density at radius 3 is 2.51 bits per heavy atom. The summed E-state index contributed by atoms with van der Waals surface area (Å²) >= 11 is 0. The van der Waals surface area contributed by atoms with Crippen LogP contribution in [0.5, 0.6) is 0 Å².